The standard InChI is InChI=1S/C10H13N3O4/c1-3-17-10(16)6(2)11-9(15)7-4-5-8(14)13-12-7/h4-6H,3H2,1-2H3,(H,11,15)(H,13,14). The van der Waals surface area contributed by atoms with E-state index in [4.69, 9.17) is 4.74 Å². The van der Waals surface area contributed by atoms with Crippen molar-refractivity contribution in [2.45, 2.75) is 19.9 Å². The highest BCUT2D eigenvalue weighted by atomic mass is 16.5. The molecule has 7 nitrogen and oxygen atoms in total. The maximum atomic E-state index is 11.6. The molecule has 17 heavy (non-hydrogen) atoms. The average molecular weight is 239 g/mol. The fourth-order valence-corrected chi connectivity index (χ4v) is 1.07. The minimum atomic E-state index is -0.767. The van der Waals surface area contributed by atoms with Crippen LogP contribution in [0.3, 0.4) is 0 Å². The zero-order valence-electron chi connectivity index (χ0n) is 9.52. The van der Waals surface area contributed by atoms with Gasteiger partial charge in [0.1, 0.15) is 11.7 Å². The van der Waals surface area contributed by atoms with Crippen LogP contribution in [0.2, 0.25) is 0 Å². The molecular formula is C10H13N3O4. The third-order valence-corrected chi connectivity index (χ3v) is 1.90. The van der Waals surface area contributed by atoms with Crippen LogP contribution in [0.5, 0.6) is 0 Å². The molecule has 1 amide bonds. The first-order valence-electron chi connectivity index (χ1n) is 5.07. The van der Waals surface area contributed by atoms with Crippen LogP contribution in [0, 0.1) is 0 Å². The quantitative estimate of drug-likeness (QED) is 0.686. The first-order valence-corrected chi connectivity index (χ1v) is 5.07. The van der Waals surface area contributed by atoms with Gasteiger partial charge in [0.2, 0.25) is 0 Å². The topological polar surface area (TPSA) is 101 Å². The fraction of sp³-hybridized carbons (Fsp3) is 0.400. The number of carbonyl (C=O) groups is 2. The molecule has 2 N–H and O–H groups in total. The SMILES string of the molecule is CCOC(=O)C(C)NC(=O)c1ccc(=O)[nH]n1. The summed E-state index contributed by atoms with van der Waals surface area (Å²) in [4.78, 5) is 33.6. The van der Waals surface area contributed by atoms with Gasteiger partial charge in [-0.25, -0.2) is 9.89 Å². The van der Waals surface area contributed by atoms with Gasteiger partial charge in [0, 0.05) is 6.07 Å². The van der Waals surface area contributed by atoms with Gasteiger partial charge in [-0.3, -0.25) is 9.59 Å². The lowest BCUT2D eigenvalue weighted by atomic mass is 10.3. The molecule has 0 fully saturated rings. The Morgan fingerprint density at radius 3 is 2.76 bits per heavy atom. The van der Waals surface area contributed by atoms with Crippen molar-refractivity contribution in [3.05, 3.63) is 28.2 Å². The molecule has 0 aliphatic heterocycles. The molecule has 0 radical (unpaired) electrons. The number of nitrogens with one attached hydrogen (secondary N) is 2. The van der Waals surface area contributed by atoms with Crippen LogP contribution in [0.15, 0.2) is 16.9 Å². The van der Waals surface area contributed by atoms with Crippen LogP contribution in [-0.4, -0.2) is 34.7 Å². The highest BCUT2D eigenvalue weighted by Crippen LogP contribution is 1.93. The second-order valence-corrected chi connectivity index (χ2v) is 3.25. The molecule has 0 aliphatic carbocycles. The molecule has 1 aromatic rings. The molecule has 1 unspecified atom stereocenters. The normalized spacial score (nSPS) is 11.6. The summed E-state index contributed by atoms with van der Waals surface area (Å²) in [5.41, 5.74) is -0.374. The molecule has 0 aromatic carbocycles. The highest BCUT2D eigenvalue weighted by Gasteiger charge is 2.18. The summed E-state index contributed by atoms with van der Waals surface area (Å²) in [7, 11) is 0. The van der Waals surface area contributed by atoms with Crippen LogP contribution < -0.4 is 10.9 Å². The number of hydrogen-bond donors (Lipinski definition) is 2. The van der Waals surface area contributed by atoms with Crippen LogP contribution in [0.1, 0.15) is 24.3 Å². The second-order valence-electron chi connectivity index (χ2n) is 3.25. The van der Waals surface area contributed by atoms with E-state index in [9.17, 15) is 14.4 Å². The van der Waals surface area contributed by atoms with Crippen molar-refractivity contribution in [1.82, 2.24) is 15.5 Å². The average Bonchev–Trinajstić information content (AvgIpc) is 2.30. The maximum Gasteiger partial charge on any atom is 0.328 e. The molecule has 0 saturated heterocycles. The van der Waals surface area contributed by atoms with Gasteiger partial charge in [-0.15, -0.1) is 0 Å². The van der Waals surface area contributed by atoms with Crippen molar-refractivity contribution in [2.24, 2.45) is 0 Å². The van der Waals surface area contributed by atoms with E-state index < -0.39 is 23.5 Å². The number of aromatic amines is 1. The van der Waals surface area contributed by atoms with E-state index in [1.54, 1.807) is 6.92 Å². The summed E-state index contributed by atoms with van der Waals surface area (Å²) in [5, 5.41) is 8.06. The molecule has 7 heteroatoms. The van der Waals surface area contributed by atoms with E-state index >= 15 is 0 Å². The first-order chi connectivity index (χ1) is 8.04. The van der Waals surface area contributed by atoms with Crippen LogP contribution >= 0.6 is 0 Å². The van der Waals surface area contributed by atoms with E-state index in [0.29, 0.717) is 0 Å². The van der Waals surface area contributed by atoms with Crippen molar-refractivity contribution in [3.8, 4) is 0 Å². The summed E-state index contributed by atoms with van der Waals surface area (Å²) in [6, 6.07) is 1.68. The Morgan fingerprint density at radius 2 is 2.24 bits per heavy atom. The van der Waals surface area contributed by atoms with Crippen molar-refractivity contribution in [1.29, 1.82) is 0 Å². The van der Waals surface area contributed by atoms with Gasteiger partial charge in [0.15, 0.2) is 0 Å². The summed E-state index contributed by atoms with van der Waals surface area (Å²) < 4.78 is 4.73. The fourth-order valence-electron chi connectivity index (χ4n) is 1.07. The van der Waals surface area contributed by atoms with Gasteiger partial charge in [0.05, 0.1) is 6.61 Å². The second kappa shape index (κ2) is 5.78. The molecule has 1 heterocycles. The number of esters is 1. The Kier molecular flexibility index (Phi) is 4.38. The zero-order valence-corrected chi connectivity index (χ0v) is 9.52. The lowest BCUT2D eigenvalue weighted by Crippen LogP contribution is -2.40. The number of amides is 1. The number of rotatable bonds is 4. The number of carbonyl (C=O) groups excluding carboxylic acids is 2. The van der Waals surface area contributed by atoms with Gasteiger partial charge in [-0.1, -0.05) is 0 Å². The molecular weight excluding hydrogens is 226 g/mol. The Labute approximate surface area is 97.2 Å². The lowest BCUT2D eigenvalue weighted by molar-refractivity contribution is -0.144. The summed E-state index contributed by atoms with van der Waals surface area (Å²) in [6.45, 7) is 3.42. The molecule has 0 bridgehead atoms. The van der Waals surface area contributed by atoms with Gasteiger partial charge in [-0.05, 0) is 19.9 Å². The minimum Gasteiger partial charge on any atom is -0.464 e. The van der Waals surface area contributed by atoms with E-state index in [0.717, 1.165) is 0 Å². The molecule has 0 spiro atoms. The summed E-state index contributed by atoms with van der Waals surface area (Å²) in [5.74, 6) is -1.08. The molecule has 1 rings (SSSR count). The smallest absolute Gasteiger partial charge is 0.328 e. The van der Waals surface area contributed by atoms with Crippen LogP contribution in [0.4, 0.5) is 0 Å². The lowest BCUT2D eigenvalue weighted by Gasteiger charge is -2.11. The van der Waals surface area contributed by atoms with Crippen LogP contribution in [0.25, 0.3) is 0 Å². The van der Waals surface area contributed by atoms with Gasteiger partial charge < -0.3 is 10.1 Å². The Hall–Kier alpha value is -2.18. The van der Waals surface area contributed by atoms with Crippen molar-refractivity contribution in [2.75, 3.05) is 6.61 Å². The van der Waals surface area contributed by atoms with Crippen molar-refractivity contribution < 1.29 is 14.3 Å². The zero-order chi connectivity index (χ0) is 12.8. The molecule has 1 aromatic heterocycles. The van der Waals surface area contributed by atoms with Gasteiger partial charge in [0.25, 0.3) is 11.5 Å². The van der Waals surface area contributed by atoms with E-state index in [1.807, 2.05) is 0 Å². The van der Waals surface area contributed by atoms with Gasteiger partial charge in [-0.2, -0.15) is 5.10 Å². The maximum absolute atomic E-state index is 11.6. The number of H-pyrrole nitrogens is 1. The summed E-state index contributed by atoms with van der Waals surface area (Å²) >= 11 is 0. The number of ether oxygens (including phenoxy) is 1. The van der Waals surface area contributed by atoms with Crippen molar-refractivity contribution in [3.63, 3.8) is 0 Å². The monoisotopic (exact) mass is 239 g/mol. The highest BCUT2D eigenvalue weighted by molar-refractivity contribution is 5.94. The number of aromatic nitrogens is 2. The van der Waals surface area contributed by atoms with Crippen molar-refractivity contribution >= 4 is 11.9 Å². The Balaban J connectivity index is 2.63. The van der Waals surface area contributed by atoms with Gasteiger partial charge >= 0.3 is 5.97 Å². The minimum absolute atomic E-state index is 0.0285. The molecule has 1 atom stereocenters. The predicted octanol–water partition coefficient (Wildman–Crippen LogP) is -0.549. The van der Waals surface area contributed by atoms with E-state index in [1.165, 1.54) is 19.1 Å². The number of hydrogen-bond acceptors (Lipinski definition) is 5. The largest absolute Gasteiger partial charge is 0.464 e. The summed E-state index contributed by atoms with van der Waals surface area (Å²) in [6.07, 6.45) is 0. The molecule has 0 saturated carbocycles. The van der Waals surface area contributed by atoms with Crippen LogP contribution in [-0.2, 0) is 9.53 Å². The number of nitrogens with zero attached hydrogens (tertiary/aromatic N) is 1. The molecule has 0 aliphatic rings. The Morgan fingerprint density at radius 1 is 1.53 bits per heavy atom. The van der Waals surface area contributed by atoms with E-state index in [-0.39, 0.29) is 12.3 Å². The van der Waals surface area contributed by atoms with E-state index in [2.05, 4.69) is 15.5 Å². The third kappa shape index (κ3) is 3.71. The predicted molar refractivity (Wildman–Crippen MR) is 58.4 cm³/mol. The third-order valence-electron chi connectivity index (χ3n) is 1.90. The first kappa shape index (κ1) is 12.9. The molecule has 92 valence electrons. The Bertz CT molecular complexity index is 448.